The Morgan fingerprint density at radius 1 is 1.33 bits per heavy atom. The number of hydrogen-bond acceptors (Lipinski definition) is 5. The van der Waals surface area contributed by atoms with Crippen molar-refractivity contribution in [1.29, 1.82) is 0 Å². The number of alkyl halides is 3. The van der Waals surface area contributed by atoms with Gasteiger partial charge in [0, 0.05) is 24.4 Å². The number of nitrogens with zero attached hydrogens (tertiary/aromatic N) is 1. The largest absolute Gasteiger partial charge is 0.418 e. The molecule has 0 aliphatic heterocycles. The van der Waals surface area contributed by atoms with Crippen LogP contribution in [-0.2, 0) is 16.2 Å². The first-order valence-electron chi connectivity index (χ1n) is 5.60. The molecule has 0 aromatic heterocycles. The number of halogens is 3. The fourth-order valence-electron chi connectivity index (χ4n) is 1.53. The van der Waals surface area contributed by atoms with Gasteiger partial charge < -0.3 is 5.32 Å². The van der Waals surface area contributed by atoms with Crippen molar-refractivity contribution in [3.8, 4) is 0 Å². The summed E-state index contributed by atoms with van der Waals surface area (Å²) in [6, 6.07) is 2.27. The fourth-order valence-corrected chi connectivity index (χ4v) is 2.08. The topological polar surface area (TPSA) is 115 Å². The number of nitro benzene ring substituents is 1. The predicted octanol–water partition coefficient (Wildman–Crippen LogP) is 1.70. The van der Waals surface area contributed by atoms with E-state index in [2.05, 4.69) is 5.32 Å². The molecule has 1 aromatic carbocycles. The van der Waals surface area contributed by atoms with Gasteiger partial charge >= 0.3 is 6.18 Å². The average molecular weight is 327 g/mol. The number of nitro groups is 1. The third-order valence-electron chi connectivity index (χ3n) is 2.44. The van der Waals surface area contributed by atoms with Crippen LogP contribution in [0.15, 0.2) is 18.2 Å². The van der Waals surface area contributed by atoms with Gasteiger partial charge in [-0.2, -0.15) is 13.2 Å². The van der Waals surface area contributed by atoms with Gasteiger partial charge in [-0.25, -0.2) is 13.6 Å². The molecule has 0 unspecified atom stereocenters. The lowest BCUT2D eigenvalue weighted by Crippen LogP contribution is -2.19. The molecule has 0 saturated carbocycles. The molecule has 0 heterocycles. The van der Waals surface area contributed by atoms with Crippen LogP contribution in [-0.4, -0.2) is 25.6 Å². The van der Waals surface area contributed by atoms with Crippen LogP contribution in [0.3, 0.4) is 0 Å². The van der Waals surface area contributed by atoms with Crippen molar-refractivity contribution in [1.82, 2.24) is 0 Å². The molecule has 7 nitrogen and oxygen atoms in total. The summed E-state index contributed by atoms with van der Waals surface area (Å²) in [5.74, 6) is -0.381. The van der Waals surface area contributed by atoms with Crippen molar-refractivity contribution in [3.05, 3.63) is 33.9 Å². The molecule has 3 N–H and O–H groups in total. The fraction of sp³-hybridized carbons (Fsp3) is 0.400. The van der Waals surface area contributed by atoms with E-state index >= 15 is 0 Å². The third-order valence-corrected chi connectivity index (χ3v) is 3.30. The lowest BCUT2D eigenvalue weighted by molar-refractivity contribution is -0.385. The second-order valence-electron chi connectivity index (χ2n) is 4.13. The number of benzene rings is 1. The zero-order valence-corrected chi connectivity index (χ0v) is 11.4. The van der Waals surface area contributed by atoms with E-state index in [9.17, 15) is 31.7 Å². The van der Waals surface area contributed by atoms with Crippen LogP contribution in [0.4, 0.5) is 24.5 Å². The van der Waals surface area contributed by atoms with E-state index < -0.39 is 32.4 Å². The summed E-state index contributed by atoms with van der Waals surface area (Å²) < 4.78 is 59.8. The minimum atomic E-state index is -4.77. The molecular weight excluding hydrogens is 315 g/mol. The maximum atomic E-state index is 12.8. The molecule has 0 saturated heterocycles. The van der Waals surface area contributed by atoms with Gasteiger partial charge in [-0.3, -0.25) is 10.1 Å². The zero-order chi connectivity index (χ0) is 16.3. The Morgan fingerprint density at radius 2 is 1.95 bits per heavy atom. The number of rotatable bonds is 6. The van der Waals surface area contributed by atoms with Crippen LogP contribution in [0, 0.1) is 10.1 Å². The van der Waals surface area contributed by atoms with E-state index in [0.29, 0.717) is 6.07 Å². The molecular formula is C10H12F3N3O4S. The summed E-state index contributed by atoms with van der Waals surface area (Å²) in [5, 5.41) is 17.7. The molecule has 118 valence electrons. The molecule has 11 heteroatoms. The van der Waals surface area contributed by atoms with Crippen molar-refractivity contribution in [2.24, 2.45) is 5.14 Å². The minimum Gasteiger partial charge on any atom is -0.385 e. The Kier molecular flexibility index (Phi) is 5.12. The Bertz CT molecular complexity index is 631. The van der Waals surface area contributed by atoms with Crippen molar-refractivity contribution in [2.45, 2.75) is 12.6 Å². The molecule has 21 heavy (non-hydrogen) atoms. The summed E-state index contributed by atoms with van der Waals surface area (Å²) in [4.78, 5) is 9.57. The number of nitrogens with one attached hydrogen (secondary N) is 1. The second-order valence-corrected chi connectivity index (χ2v) is 5.87. The Balaban J connectivity index is 2.89. The van der Waals surface area contributed by atoms with Crippen molar-refractivity contribution in [2.75, 3.05) is 17.6 Å². The van der Waals surface area contributed by atoms with E-state index in [1.807, 2.05) is 0 Å². The molecule has 0 aliphatic carbocycles. The van der Waals surface area contributed by atoms with Crippen molar-refractivity contribution < 1.29 is 26.5 Å². The van der Waals surface area contributed by atoms with Gasteiger partial charge in [0.25, 0.3) is 5.69 Å². The van der Waals surface area contributed by atoms with E-state index in [1.54, 1.807) is 0 Å². The monoisotopic (exact) mass is 327 g/mol. The average Bonchev–Trinajstić information content (AvgIpc) is 2.32. The van der Waals surface area contributed by atoms with Gasteiger partial charge in [0.15, 0.2) is 0 Å². The second kappa shape index (κ2) is 6.26. The SMILES string of the molecule is NS(=O)(=O)CCCNc1ccc([N+](=O)[O-])cc1C(F)(F)F. The van der Waals surface area contributed by atoms with E-state index in [0.717, 1.165) is 12.1 Å². The molecule has 0 fully saturated rings. The summed E-state index contributed by atoms with van der Waals surface area (Å²) in [7, 11) is -3.69. The van der Waals surface area contributed by atoms with Crippen LogP contribution in [0.5, 0.6) is 0 Å². The van der Waals surface area contributed by atoms with Crippen LogP contribution in [0.1, 0.15) is 12.0 Å². The summed E-state index contributed by atoms with van der Waals surface area (Å²) in [6.07, 6.45) is -4.76. The first-order valence-corrected chi connectivity index (χ1v) is 7.32. The lowest BCUT2D eigenvalue weighted by atomic mass is 10.1. The van der Waals surface area contributed by atoms with Crippen LogP contribution < -0.4 is 10.5 Å². The third kappa shape index (κ3) is 5.55. The first-order chi connectivity index (χ1) is 9.50. The molecule has 1 rings (SSSR count). The van der Waals surface area contributed by atoms with Crippen molar-refractivity contribution >= 4 is 21.4 Å². The standard InChI is InChI=1S/C10H12F3N3O4S/c11-10(12,13)8-6-7(16(17)18)2-3-9(8)15-4-1-5-21(14,19)20/h2-3,6,15H,1,4-5H2,(H2,14,19,20). The van der Waals surface area contributed by atoms with Gasteiger partial charge in [0.1, 0.15) is 0 Å². The van der Waals surface area contributed by atoms with E-state index in [-0.39, 0.29) is 24.4 Å². The molecule has 0 atom stereocenters. The lowest BCUT2D eigenvalue weighted by Gasteiger charge is -2.14. The number of nitrogens with two attached hydrogens (primary N) is 1. The smallest absolute Gasteiger partial charge is 0.385 e. The quantitative estimate of drug-likeness (QED) is 0.469. The van der Waals surface area contributed by atoms with E-state index in [4.69, 9.17) is 5.14 Å². The number of non-ortho nitro benzene ring substituents is 1. The van der Waals surface area contributed by atoms with Crippen molar-refractivity contribution in [3.63, 3.8) is 0 Å². The first kappa shape index (κ1) is 17.2. The predicted molar refractivity (Wildman–Crippen MR) is 69.2 cm³/mol. The maximum Gasteiger partial charge on any atom is 0.418 e. The molecule has 0 spiro atoms. The summed E-state index contributed by atoms with van der Waals surface area (Å²) in [6.45, 7) is -0.0721. The van der Waals surface area contributed by atoms with Gasteiger partial charge in [-0.05, 0) is 12.5 Å². The summed E-state index contributed by atoms with van der Waals surface area (Å²) in [5.41, 5.74) is -2.23. The maximum absolute atomic E-state index is 12.8. The van der Waals surface area contributed by atoms with E-state index in [1.165, 1.54) is 0 Å². The molecule has 0 amide bonds. The van der Waals surface area contributed by atoms with Gasteiger partial charge in [0.05, 0.1) is 16.2 Å². The number of sulfonamides is 1. The van der Waals surface area contributed by atoms with Gasteiger partial charge in [0.2, 0.25) is 10.0 Å². The minimum absolute atomic E-state index is 0.00706. The number of primary sulfonamides is 1. The number of hydrogen-bond donors (Lipinski definition) is 2. The van der Waals surface area contributed by atoms with Gasteiger partial charge in [-0.15, -0.1) is 0 Å². The Labute approximate surface area is 118 Å². The summed E-state index contributed by atoms with van der Waals surface area (Å²) >= 11 is 0. The molecule has 0 aliphatic rings. The van der Waals surface area contributed by atoms with Crippen LogP contribution >= 0.6 is 0 Å². The Morgan fingerprint density at radius 3 is 2.43 bits per heavy atom. The highest BCUT2D eigenvalue weighted by Gasteiger charge is 2.35. The molecule has 0 bridgehead atoms. The highest BCUT2D eigenvalue weighted by molar-refractivity contribution is 7.89. The molecule has 1 aromatic rings. The van der Waals surface area contributed by atoms with Gasteiger partial charge in [-0.1, -0.05) is 0 Å². The normalized spacial score (nSPS) is 12.2. The highest BCUT2D eigenvalue weighted by atomic mass is 32.2. The number of anilines is 1. The highest BCUT2D eigenvalue weighted by Crippen LogP contribution is 2.36. The van der Waals surface area contributed by atoms with Crippen LogP contribution in [0.2, 0.25) is 0 Å². The van der Waals surface area contributed by atoms with Crippen LogP contribution in [0.25, 0.3) is 0 Å². The molecule has 0 radical (unpaired) electrons. The zero-order valence-electron chi connectivity index (χ0n) is 10.6. The Hall–Kier alpha value is -1.88.